The second kappa shape index (κ2) is 8.73. The average molecular weight is 460 g/mol. The third-order valence-corrected chi connectivity index (χ3v) is 8.47. The average Bonchev–Trinajstić information content (AvgIpc) is 3.61. The summed E-state index contributed by atoms with van der Waals surface area (Å²) in [5.74, 6) is 0.579. The van der Waals surface area contributed by atoms with Crippen LogP contribution >= 0.6 is 0 Å². The molecule has 6 heteroatoms. The fourth-order valence-corrected chi connectivity index (χ4v) is 6.13. The number of rotatable bonds is 3. The highest BCUT2D eigenvalue weighted by molar-refractivity contribution is 5.94. The Labute approximate surface area is 201 Å². The summed E-state index contributed by atoms with van der Waals surface area (Å²) in [6, 6.07) is 16.5. The molecule has 1 aliphatic carbocycles. The first kappa shape index (κ1) is 21.7. The second-order valence-electron chi connectivity index (χ2n) is 10.3. The topological polar surface area (TPSA) is 53.1 Å². The summed E-state index contributed by atoms with van der Waals surface area (Å²) < 4.78 is 5.43. The van der Waals surface area contributed by atoms with Crippen LogP contribution < -0.4 is 4.90 Å². The van der Waals surface area contributed by atoms with Crippen molar-refractivity contribution in [1.29, 1.82) is 0 Å². The van der Waals surface area contributed by atoms with E-state index in [0.717, 1.165) is 89.4 Å². The van der Waals surface area contributed by atoms with Gasteiger partial charge >= 0.3 is 0 Å². The fourth-order valence-electron chi connectivity index (χ4n) is 6.13. The van der Waals surface area contributed by atoms with Gasteiger partial charge in [0.1, 0.15) is 0 Å². The summed E-state index contributed by atoms with van der Waals surface area (Å²) in [7, 11) is 0. The van der Waals surface area contributed by atoms with Crippen LogP contribution in [0.2, 0.25) is 0 Å². The summed E-state index contributed by atoms with van der Waals surface area (Å²) in [4.78, 5) is 32.7. The minimum absolute atomic E-state index is 0.111. The van der Waals surface area contributed by atoms with Gasteiger partial charge in [0.2, 0.25) is 5.91 Å². The largest absolute Gasteiger partial charge is 0.378 e. The molecule has 1 atom stereocenters. The number of carbonyl (C=O) groups is 2. The van der Waals surface area contributed by atoms with Crippen LogP contribution in [0.15, 0.2) is 48.5 Å². The smallest absolute Gasteiger partial charge is 0.253 e. The zero-order chi connectivity index (χ0) is 23.1. The molecule has 2 aromatic rings. The van der Waals surface area contributed by atoms with E-state index >= 15 is 0 Å². The van der Waals surface area contributed by atoms with Crippen LogP contribution in [0.25, 0.3) is 0 Å². The normalized spacial score (nSPS) is 23.5. The maximum absolute atomic E-state index is 13.3. The summed E-state index contributed by atoms with van der Waals surface area (Å²) in [6.07, 6.45) is 3.81. The predicted molar refractivity (Wildman–Crippen MR) is 131 cm³/mol. The lowest BCUT2D eigenvalue weighted by molar-refractivity contribution is -0.134. The number of benzene rings is 2. The number of fused-ring (bicyclic) bond motifs is 1. The molecule has 0 bridgehead atoms. The number of amides is 2. The third-order valence-electron chi connectivity index (χ3n) is 8.47. The van der Waals surface area contributed by atoms with Gasteiger partial charge < -0.3 is 19.4 Å². The molecule has 2 amide bonds. The minimum atomic E-state index is 0.111. The summed E-state index contributed by atoms with van der Waals surface area (Å²) in [5, 5.41) is 0. The number of ether oxygens (including phenoxy) is 1. The van der Waals surface area contributed by atoms with Crippen molar-refractivity contribution in [2.75, 3.05) is 50.8 Å². The van der Waals surface area contributed by atoms with Crippen LogP contribution in [0.1, 0.15) is 40.7 Å². The Morgan fingerprint density at radius 1 is 0.824 bits per heavy atom. The van der Waals surface area contributed by atoms with E-state index in [0.29, 0.717) is 5.91 Å². The highest BCUT2D eigenvalue weighted by Gasteiger charge is 2.59. The number of morpholine rings is 1. The molecule has 3 heterocycles. The molecule has 3 fully saturated rings. The second-order valence-corrected chi connectivity index (χ2v) is 10.3. The first-order valence-corrected chi connectivity index (χ1v) is 12.7. The Balaban J connectivity index is 1.03. The van der Waals surface area contributed by atoms with E-state index in [-0.39, 0.29) is 17.2 Å². The molecule has 34 heavy (non-hydrogen) atoms. The van der Waals surface area contributed by atoms with Crippen molar-refractivity contribution < 1.29 is 14.3 Å². The lowest BCUT2D eigenvalue weighted by Gasteiger charge is -2.34. The lowest BCUT2D eigenvalue weighted by atomic mass is 9.89. The van der Waals surface area contributed by atoms with E-state index in [2.05, 4.69) is 46.2 Å². The molecule has 2 aromatic carbocycles. The Kier molecular flexibility index (Phi) is 5.56. The van der Waals surface area contributed by atoms with Crippen molar-refractivity contribution in [1.82, 2.24) is 9.80 Å². The Hall–Kier alpha value is -2.86. The zero-order valence-corrected chi connectivity index (χ0v) is 19.7. The van der Waals surface area contributed by atoms with Gasteiger partial charge in [-0.3, -0.25) is 9.59 Å². The number of anilines is 1. The van der Waals surface area contributed by atoms with Gasteiger partial charge in [-0.05, 0) is 66.5 Å². The van der Waals surface area contributed by atoms with Crippen molar-refractivity contribution >= 4 is 17.5 Å². The maximum atomic E-state index is 13.3. The van der Waals surface area contributed by atoms with Crippen LogP contribution in [0.3, 0.4) is 0 Å². The van der Waals surface area contributed by atoms with Gasteiger partial charge in [-0.15, -0.1) is 0 Å². The van der Waals surface area contributed by atoms with Crippen LogP contribution in [-0.2, 0) is 22.5 Å². The molecule has 0 radical (unpaired) electrons. The van der Waals surface area contributed by atoms with Crippen LogP contribution in [0, 0.1) is 11.3 Å². The highest BCUT2D eigenvalue weighted by Crippen LogP contribution is 2.60. The van der Waals surface area contributed by atoms with Crippen molar-refractivity contribution in [2.24, 2.45) is 11.3 Å². The van der Waals surface area contributed by atoms with E-state index in [1.807, 2.05) is 17.0 Å². The molecule has 3 aliphatic heterocycles. The van der Waals surface area contributed by atoms with Gasteiger partial charge in [0, 0.05) is 56.4 Å². The standard InChI is InChI=1S/C28H33N3O3/c32-26(22-5-7-24(8-6-22)29-15-17-34-18-16-29)30-13-10-28(11-14-30)19-25(28)27(33)31-12-9-21-3-1-2-4-23(21)20-31/h1-8,25H,9-20H2/t25-/m0/s1. The van der Waals surface area contributed by atoms with Gasteiger partial charge in [0.25, 0.3) is 5.91 Å². The lowest BCUT2D eigenvalue weighted by Crippen LogP contribution is -2.42. The monoisotopic (exact) mass is 459 g/mol. The Morgan fingerprint density at radius 3 is 2.26 bits per heavy atom. The Bertz CT molecular complexity index is 1070. The zero-order valence-electron chi connectivity index (χ0n) is 19.7. The van der Waals surface area contributed by atoms with Crippen molar-refractivity contribution in [3.63, 3.8) is 0 Å². The van der Waals surface area contributed by atoms with Crippen molar-refractivity contribution in [3.05, 3.63) is 65.2 Å². The minimum Gasteiger partial charge on any atom is -0.378 e. The molecule has 6 rings (SSSR count). The van der Waals surface area contributed by atoms with Crippen LogP contribution in [0.5, 0.6) is 0 Å². The molecule has 1 spiro atoms. The number of hydrogen-bond donors (Lipinski definition) is 0. The molecule has 1 saturated carbocycles. The SMILES string of the molecule is O=C(c1ccc(N2CCOCC2)cc1)N1CCC2(CC1)C[C@H]2C(=O)N1CCc2ccccc2C1. The van der Waals surface area contributed by atoms with Gasteiger partial charge in [-0.25, -0.2) is 0 Å². The van der Waals surface area contributed by atoms with E-state index in [9.17, 15) is 9.59 Å². The van der Waals surface area contributed by atoms with Gasteiger partial charge in [-0.2, -0.15) is 0 Å². The molecular formula is C28H33N3O3. The molecule has 0 unspecified atom stereocenters. The summed E-state index contributed by atoms with van der Waals surface area (Å²) >= 11 is 0. The molecule has 2 saturated heterocycles. The number of nitrogens with zero attached hydrogens (tertiary/aromatic N) is 3. The number of piperidine rings is 1. The van der Waals surface area contributed by atoms with Gasteiger partial charge in [-0.1, -0.05) is 24.3 Å². The van der Waals surface area contributed by atoms with Crippen molar-refractivity contribution in [3.8, 4) is 0 Å². The molecule has 0 N–H and O–H groups in total. The number of hydrogen-bond acceptors (Lipinski definition) is 4. The van der Waals surface area contributed by atoms with Crippen LogP contribution in [-0.4, -0.2) is 67.6 Å². The predicted octanol–water partition coefficient (Wildman–Crippen LogP) is 3.35. The quantitative estimate of drug-likeness (QED) is 0.707. The molecular weight excluding hydrogens is 426 g/mol. The van der Waals surface area contributed by atoms with E-state index in [1.54, 1.807) is 0 Å². The molecule has 4 aliphatic rings. The van der Waals surface area contributed by atoms with Gasteiger partial charge in [0.05, 0.1) is 13.2 Å². The molecule has 6 nitrogen and oxygen atoms in total. The molecule has 0 aromatic heterocycles. The third kappa shape index (κ3) is 3.98. The van der Waals surface area contributed by atoms with Crippen LogP contribution in [0.4, 0.5) is 5.69 Å². The Morgan fingerprint density at radius 2 is 1.53 bits per heavy atom. The first-order chi connectivity index (χ1) is 16.6. The maximum Gasteiger partial charge on any atom is 0.253 e. The fraction of sp³-hybridized carbons (Fsp3) is 0.500. The highest BCUT2D eigenvalue weighted by atomic mass is 16.5. The van der Waals surface area contributed by atoms with E-state index in [1.165, 1.54) is 11.1 Å². The number of likely N-dealkylation sites (tertiary alicyclic amines) is 1. The van der Waals surface area contributed by atoms with E-state index in [4.69, 9.17) is 4.74 Å². The summed E-state index contributed by atoms with van der Waals surface area (Å²) in [5.41, 5.74) is 4.68. The molecule has 178 valence electrons. The van der Waals surface area contributed by atoms with E-state index < -0.39 is 0 Å². The van der Waals surface area contributed by atoms with Gasteiger partial charge in [0.15, 0.2) is 0 Å². The first-order valence-electron chi connectivity index (χ1n) is 12.7. The van der Waals surface area contributed by atoms with Crippen molar-refractivity contribution in [2.45, 2.75) is 32.2 Å². The number of carbonyl (C=O) groups excluding carboxylic acids is 2. The summed E-state index contributed by atoms with van der Waals surface area (Å²) in [6.45, 7) is 6.36.